The number of hydrogen-bond donors (Lipinski definition) is 1. The van der Waals surface area contributed by atoms with Gasteiger partial charge in [0.15, 0.2) is 23.0 Å². The summed E-state index contributed by atoms with van der Waals surface area (Å²) in [5.41, 5.74) is 0.255. The normalized spacial score (nSPS) is 10.1. The van der Waals surface area contributed by atoms with Crippen molar-refractivity contribution in [3.8, 4) is 34.5 Å². The van der Waals surface area contributed by atoms with Gasteiger partial charge in [0.05, 0.1) is 46.7 Å². The maximum atomic E-state index is 12.9. The van der Waals surface area contributed by atoms with Gasteiger partial charge in [-0.25, -0.2) is 0 Å². The molecular formula is C18H20O7. The molecule has 0 spiro atoms. The number of methoxy groups -OCH3 is 5. The van der Waals surface area contributed by atoms with Crippen LogP contribution in [0.1, 0.15) is 15.9 Å². The van der Waals surface area contributed by atoms with Crippen molar-refractivity contribution in [3.05, 3.63) is 35.4 Å². The summed E-state index contributed by atoms with van der Waals surface area (Å²) in [5, 5.41) is 10.4. The van der Waals surface area contributed by atoms with Crippen LogP contribution in [-0.4, -0.2) is 46.4 Å². The third-order valence-corrected chi connectivity index (χ3v) is 3.71. The molecule has 0 aromatic heterocycles. The van der Waals surface area contributed by atoms with Crippen LogP contribution in [0.25, 0.3) is 0 Å². The van der Waals surface area contributed by atoms with Crippen LogP contribution in [0.3, 0.4) is 0 Å². The third-order valence-electron chi connectivity index (χ3n) is 3.71. The molecule has 7 heteroatoms. The molecule has 0 saturated heterocycles. The van der Waals surface area contributed by atoms with Gasteiger partial charge in [-0.1, -0.05) is 0 Å². The molecule has 2 aromatic carbocycles. The number of hydrogen-bond acceptors (Lipinski definition) is 7. The second-order valence-corrected chi connectivity index (χ2v) is 4.93. The summed E-state index contributed by atoms with van der Waals surface area (Å²) >= 11 is 0. The Bertz CT molecular complexity index is 783. The molecule has 0 bridgehead atoms. The summed E-state index contributed by atoms with van der Waals surface area (Å²) < 4.78 is 26.0. The van der Waals surface area contributed by atoms with Crippen LogP contribution in [0.15, 0.2) is 24.3 Å². The number of phenolic OH excluding ortho intramolecular Hbond substituents is 1. The number of rotatable bonds is 7. The maximum absolute atomic E-state index is 12.9. The van der Waals surface area contributed by atoms with Gasteiger partial charge in [0.1, 0.15) is 5.75 Å². The highest BCUT2D eigenvalue weighted by molar-refractivity contribution is 6.13. The fraction of sp³-hybridized carbons (Fsp3) is 0.278. The summed E-state index contributed by atoms with van der Waals surface area (Å²) in [5.74, 6) is 0.694. The summed E-state index contributed by atoms with van der Waals surface area (Å²) in [4.78, 5) is 12.9. The lowest BCUT2D eigenvalue weighted by atomic mass is 10.00. The van der Waals surface area contributed by atoms with Crippen molar-refractivity contribution < 1.29 is 33.6 Å². The minimum absolute atomic E-state index is 0.0446. The molecule has 0 unspecified atom stereocenters. The van der Waals surface area contributed by atoms with Gasteiger partial charge in [-0.3, -0.25) is 4.79 Å². The van der Waals surface area contributed by atoms with Crippen LogP contribution >= 0.6 is 0 Å². The molecule has 25 heavy (non-hydrogen) atoms. The van der Waals surface area contributed by atoms with Crippen molar-refractivity contribution in [1.82, 2.24) is 0 Å². The van der Waals surface area contributed by atoms with Crippen LogP contribution in [0.4, 0.5) is 0 Å². The molecule has 0 aliphatic rings. The number of phenols is 1. The van der Waals surface area contributed by atoms with Gasteiger partial charge in [-0.2, -0.15) is 0 Å². The van der Waals surface area contributed by atoms with E-state index in [0.29, 0.717) is 17.2 Å². The maximum Gasteiger partial charge on any atom is 0.203 e. The van der Waals surface area contributed by atoms with Crippen molar-refractivity contribution in [2.24, 2.45) is 0 Å². The van der Waals surface area contributed by atoms with E-state index < -0.39 is 5.78 Å². The minimum Gasteiger partial charge on any atom is -0.504 e. The predicted molar refractivity (Wildman–Crippen MR) is 90.7 cm³/mol. The first-order valence-electron chi connectivity index (χ1n) is 7.30. The quantitative estimate of drug-likeness (QED) is 0.770. The number of aromatic hydroxyl groups is 1. The number of carbonyl (C=O) groups excluding carboxylic acids is 1. The van der Waals surface area contributed by atoms with E-state index in [1.165, 1.54) is 47.7 Å². The Hall–Kier alpha value is -3.09. The highest BCUT2D eigenvalue weighted by atomic mass is 16.5. The Morgan fingerprint density at radius 1 is 0.720 bits per heavy atom. The zero-order valence-corrected chi connectivity index (χ0v) is 14.7. The topological polar surface area (TPSA) is 83.5 Å². The summed E-state index contributed by atoms with van der Waals surface area (Å²) in [6.45, 7) is 0. The lowest BCUT2D eigenvalue weighted by Gasteiger charge is -2.15. The number of benzene rings is 2. The zero-order valence-electron chi connectivity index (χ0n) is 14.7. The lowest BCUT2D eigenvalue weighted by molar-refractivity contribution is 0.103. The molecule has 134 valence electrons. The molecule has 0 saturated carbocycles. The fourth-order valence-electron chi connectivity index (χ4n) is 2.45. The second-order valence-electron chi connectivity index (χ2n) is 4.93. The molecule has 1 N–H and O–H groups in total. The monoisotopic (exact) mass is 348 g/mol. The Labute approximate surface area is 145 Å². The van der Waals surface area contributed by atoms with E-state index in [2.05, 4.69) is 0 Å². The summed E-state index contributed by atoms with van der Waals surface area (Å²) in [6, 6.07) is 6.04. The molecule has 2 aromatic rings. The Kier molecular flexibility index (Phi) is 5.59. The van der Waals surface area contributed by atoms with Crippen molar-refractivity contribution in [2.75, 3.05) is 35.5 Å². The summed E-state index contributed by atoms with van der Waals surface area (Å²) in [6.07, 6.45) is 0. The van der Waals surface area contributed by atoms with E-state index >= 15 is 0 Å². The molecule has 2 rings (SSSR count). The van der Waals surface area contributed by atoms with E-state index in [1.54, 1.807) is 12.1 Å². The first kappa shape index (κ1) is 18.3. The van der Waals surface area contributed by atoms with E-state index in [-0.39, 0.29) is 28.4 Å². The molecule has 7 nitrogen and oxygen atoms in total. The third kappa shape index (κ3) is 3.26. The zero-order chi connectivity index (χ0) is 18.6. The Morgan fingerprint density at radius 3 is 1.80 bits per heavy atom. The first-order valence-corrected chi connectivity index (χ1v) is 7.30. The SMILES string of the molecule is COc1cc(OC)c(C(=O)c2ccc(OC)c(OC)c2O)cc1OC. The van der Waals surface area contributed by atoms with Crippen molar-refractivity contribution >= 4 is 5.78 Å². The van der Waals surface area contributed by atoms with Gasteiger partial charge in [-0.05, 0) is 18.2 Å². The van der Waals surface area contributed by atoms with Gasteiger partial charge in [0.25, 0.3) is 0 Å². The Balaban J connectivity index is 2.61. The minimum atomic E-state index is -0.462. The van der Waals surface area contributed by atoms with Crippen LogP contribution in [0.2, 0.25) is 0 Å². The van der Waals surface area contributed by atoms with Crippen molar-refractivity contribution in [1.29, 1.82) is 0 Å². The highest BCUT2D eigenvalue weighted by Crippen LogP contribution is 2.41. The smallest absolute Gasteiger partial charge is 0.203 e. The second kappa shape index (κ2) is 7.65. The van der Waals surface area contributed by atoms with Crippen LogP contribution in [-0.2, 0) is 0 Å². The van der Waals surface area contributed by atoms with Gasteiger partial charge in [0, 0.05) is 6.07 Å². The lowest BCUT2D eigenvalue weighted by Crippen LogP contribution is -2.07. The van der Waals surface area contributed by atoms with Crippen LogP contribution < -0.4 is 23.7 Å². The van der Waals surface area contributed by atoms with Crippen molar-refractivity contribution in [2.45, 2.75) is 0 Å². The molecule has 0 aliphatic carbocycles. The Morgan fingerprint density at radius 2 is 1.28 bits per heavy atom. The van der Waals surface area contributed by atoms with Gasteiger partial charge in [-0.15, -0.1) is 0 Å². The van der Waals surface area contributed by atoms with Crippen molar-refractivity contribution in [3.63, 3.8) is 0 Å². The van der Waals surface area contributed by atoms with E-state index in [0.717, 1.165) is 0 Å². The molecule has 0 fully saturated rings. The molecule has 0 amide bonds. The van der Waals surface area contributed by atoms with Crippen LogP contribution in [0.5, 0.6) is 34.5 Å². The molecular weight excluding hydrogens is 328 g/mol. The number of ether oxygens (including phenoxy) is 5. The van der Waals surface area contributed by atoms with E-state index in [4.69, 9.17) is 23.7 Å². The van der Waals surface area contributed by atoms with E-state index in [1.807, 2.05) is 0 Å². The molecule has 0 radical (unpaired) electrons. The standard InChI is InChI=1S/C18H20O7/c1-21-12-7-6-10(17(20)18(12)25-5)16(19)11-8-14(23-3)15(24-4)9-13(11)22-2/h6-9,20H,1-5H3. The van der Waals surface area contributed by atoms with Gasteiger partial charge >= 0.3 is 0 Å². The number of ketones is 1. The summed E-state index contributed by atoms with van der Waals surface area (Å²) in [7, 11) is 7.21. The predicted octanol–water partition coefficient (Wildman–Crippen LogP) is 2.67. The number of carbonyl (C=O) groups is 1. The average Bonchev–Trinajstić information content (AvgIpc) is 2.65. The average molecular weight is 348 g/mol. The molecule has 0 aliphatic heterocycles. The molecule has 0 heterocycles. The largest absolute Gasteiger partial charge is 0.504 e. The highest BCUT2D eigenvalue weighted by Gasteiger charge is 2.24. The van der Waals surface area contributed by atoms with Gasteiger partial charge in [0.2, 0.25) is 11.5 Å². The molecule has 0 atom stereocenters. The van der Waals surface area contributed by atoms with Crippen LogP contribution in [0, 0.1) is 0 Å². The fourth-order valence-corrected chi connectivity index (χ4v) is 2.45. The first-order chi connectivity index (χ1) is 12.0. The van der Waals surface area contributed by atoms with E-state index in [9.17, 15) is 9.90 Å². The van der Waals surface area contributed by atoms with Gasteiger partial charge < -0.3 is 28.8 Å².